The molecule has 0 atom stereocenters. The average molecular weight is 396 g/mol. The minimum absolute atomic E-state index is 0.173. The summed E-state index contributed by atoms with van der Waals surface area (Å²) in [5.41, 5.74) is 3.20. The van der Waals surface area contributed by atoms with Crippen molar-refractivity contribution in [3.8, 4) is 17.6 Å². The molecule has 0 unspecified atom stereocenters. The highest BCUT2D eigenvalue weighted by atomic mass is 16.5. The number of hydrogen-bond donors (Lipinski definition) is 2. The van der Waals surface area contributed by atoms with Crippen LogP contribution in [0.25, 0.3) is 10.9 Å². The molecule has 6 heteroatoms. The van der Waals surface area contributed by atoms with Crippen molar-refractivity contribution in [1.29, 1.82) is 5.26 Å². The van der Waals surface area contributed by atoms with E-state index < -0.39 is 0 Å². The van der Waals surface area contributed by atoms with Crippen LogP contribution in [0.15, 0.2) is 66.9 Å². The molecule has 148 valence electrons. The number of hydrogen-bond acceptors (Lipinski definition) is 5. The SMILES string of the molecule is CC(=O)CCc1ccc(Oc2cc(C#N)nc(Nc3ccc4cc[nH]c4c3)c2)cc1. The maximum Gasteiger partial charge on any atom is 0.146 e. The standard InChI is InChI=1S/C24H20N4O2/c1-16(29)2-3-17-4-8-21(9-5-17)30-22-12-20(15-25)28-24(14-22)27-19-7-6-18-10-11-26-23(18)13-19/h4-14,26H,2-3H2,1H3,(H,27,28). The minimum atomic E-state index is 0.173. The number of anilines is 2. The number of pyridine rings is 1. The van der Waals surface area contributed by atoms with Crippen molar-refractivity contribution >= 4 is 28.2 Å². The maximum absolute atomic E-state index is 11.1. The van der Waals surface area contributed by atoms with Gasteiger partial charge in [-0.15, -0.1) is 0 Å². The molecule has 4 rings (SSSR count). The lowest BCUT2D eigenvalue weighted by Crippen LogP contribution is -1.97. The summed E-state index contributed by atoms with van der Waals surface area (Å²) < 4.78 is 5.93. The third kappa shape index (κ3) is 4.65. The van der Waals surface area contributed by atoms with Crippen LogP contribution in [0, 0.1) is 11.3 Å². The minimum Gasteiger partial charge on any atom is -0.457 e. The molecule has 6 nitrogen and oxygen atoms in total. The molecule has 0 aliphatic rings. The van der Waals surface area contributed by atoms with Gasteiger partial charge in [-0.1, -0.05) is 18.2 Å². The Kier molecular flexibility index (Phi) is 5.44. The Labute approximate surface area is 174 Å². The van der Waals surface area contributed by atoms with Gasteiger partial charge in [-0.3, -0.25) is 0 Å². The van der Waals surface area contributed by atoms with Gasteiger partial charge in [0.2, 0.25) is 0 Å². The summed E-state index contributed by atoms with van der Waals surface area (Å²) >= 11 is 0. The normalized spacial score (nSPS) is 10.5. The second-order valence-electron chi connectivity index (χ2n) is 7.04. The Morgan fingerprint density at radius 3 is 2.70 bits per heavy atom. The highest BCUT2D eigenvalue weighted by molar-refractivity contribution is 5.83. The number of aryl methyl sites for hydroxylation is 1. The second-order valence-corrected chi connectivity index (χ2v) is 7.04. The van der Waals surface area contributed by atoms with Crippen molar-refractivity contribution in [3.63, 3.8) is 0 Å². The topological polar surface area (TPSA) is 90.8 Å². The van der Waals surface area contributed by atoms with Crippen molar-refractivity contribution < 1.29 is 9.53 Å². The van der Waals surface area contributed by atoms with Gasteiger partial charge in [0.1, 0.15) is 34.9 Å². The number of nitriles is 1. The lowest BCUT2D eigenvalue weighted by molar-refractivity contribution is -0.116. The van der Waals surface area contributed by atoms with E-state index in [2.05, 4.69) is 21.4 Å². The molecule has 2 N–H and O–H groups in total. The first-order valence-corrected chi connectivity index (χ1v) is 9.62. The Hall–Kier alpha value is -4.11. The van der Waals surface area contributed by atoms with E-state index in [0.29, 0.717) is 30.2 Å². The first-order chi connectivity index (χ1) is 14.6. The van der Waals surface area contributed by atoms with E-state index in [4.69, 9.17) is 4.74 Å². The zero-order valence-corrected chi connectivity index (χ0v) is 16.5. The number of nitrogens with zero attached hydrogens (tertiary/aromatic N) is 2. The van der Waals surface area contributed by atoms with Crippen molar-refractivity contribution in [2.45, 2.75) is 19.8 Å². The molecule has 0 aliphatic carbocycles. The molecule has 2 heterocycles. The number of benzene rings is 2. The fraction of sp³-hybridized carbons (Fsp3) is 0.125. The van der Waals surface area contributed by atoms with Crippen LogP contribution < -0.4 is 10.1 Å². The van der Waals surface area contributed by atoms with Gasteiger partial charge in [0.25, 0.3) is 0 Å². The van der Waals surface area contributed by atoms with E-state index in [-0.39, 0.29) is 11.5 Å². The average Bonchev–Trinajstić information content (AvgIpc) is 3.21. The predicted molar refractivity (Wildman–Crippen MR) is 116 cm³/mol. The molecule has 0 saturated heterocycles. The van der Waals surface area contributed by atoms with E-state index in [1.54, 1.807) is 19.1 Å². The lowest BCUT2D eigenvalue weighted by atomic mass is 10.1. The molecule has 0 aliphatic heterocycles. The number of ketones is 1. The van der Waals surface area contributed by atoms with Gasteiger partial charge >= 0.3 is 0 Å². The molecule has 0 bridgehead atoms. The predicted octanol–water partition coefficient (Wildman–Crippen LogP) is 5.49. The molecule has 0 spiro atoms. The van der Waals surface area contributed by atoms with E-state index in [1.165, 1.54) is 0 Å². The number of H-pyrrole nitrogens is 1. The number of rotatable bonds is 7. The highest BCUT2D eigenvalue weighted by Crippen LogP contribution is 2.27. The van der Waals surface area contributed by atoms with E-state index in [9.17, 15) is 10.1 Å². The summed E-state index contributed by atoms with van der Waals surface area (Å²) in [5, 5.41) is 13.7. The molecule has 0 saturated carbocycles. The monoisotopic (exact) mass is 396 g/mol. The first kappa shape index (κ1) is 19.2. The van der Waals surface area contributed by atoms with Crippen LogP contribution >= 0.6 is 0 Å². The number of aromatic nitrogens is 2. The fourth-order valence-electron chi connectivity index (χ4n) is 3.14. The highest BCUT2D eigenvalue weighted by Gasteiger charge is 2.07. The summed E-state index contributed by atoms with van der Waals surface area (Å²) in [4.78, 5) is 18.6. The zero-order valence-electron chi connectivity index (χ0n) is 16.5. The number of aromatic amines is 1. The van der Waals surface area contributed by atoms with Gasteiger partial charge in [0.05, 0.1) is 0 Å². The Morgan fingerprint density at radius 2 is 1.93 bits per heavy atom. The fourth-order valence-corrected chi connectivity index (χ4v) is 3.14. The van der Waals surface area contributed by atoms with Crippen LogP contribution in [-0.2, 0) is 11.2 Å². The quantitative estimate of drug-likeness (QED) is 0.431. The molecule has 30 heavy (non-hydrogen) atoms. The first-order valence-electron chi connectivity index (χ1n) is 9.62. The van der Waals surface area contributed by atoms with Gasteiger partial charge in [0.15, 0.2) is 0 Å². The Morgan fingerprint density at radius 1 is 1.10 bits per heavy atom. The van der Waals surface area contributed by atoms with Crippen molar-refractivity contribution in [2.24, 2.45) is 0 Å². The molecule has 4 aromatic rings. The van der Waals surface area contributed by atoms with E-state index in [1.807, 2.05) is 54.7 Å². The van der Waals surface area contributed by atoms with E-state index >= 15 is 0 Å². The molecule has 0 radical (unpaired) electrons. The third-order valence-electron chi connectivity index (χ3n) is 4.67. The van der Waals surface area contributed by atoms with Crippen molar-refractivity contribution in [3.05, 3.63) is 78.1 Å². The van der Waals surface area contributed by atoms with Gasteiger partial charge in [-0.05, 0) is 54.6 Å². The van der Waals surface area contributed by atoms with Crippen LogP contribution in [0.3, 0.4) is 0 Å². The molecule has 2 aromatic heterocycles. The lowest BCUT2D eigenvalue weighted by Gasteiger charge is -2.10. The zero-order chi connectivity index (χ0) is 20.9. The molecule has 2 aromatic carbocycles. The van der Waals surface area contributed by atoms with Crippen LogP contribution in [-0.4, -0.2) is 15.8 Å². The van der Waals surface area contributed by atoms with Crippen LogP contribution in [0.5, 0.6) is 11.5 Å². The Bertz CT molecular complexity index is 1240. The second kappa shape index (κ2) is 8.50. The van der Waals surface area contributed by atoms with E-state index in [0.717, 1.165) is 22.2 Å². The summed E-state index contributed by atoms with van der Waals surface area (Å²) in [5.74, 6) is 1.86. The van der Waals surface area contributed by atoms with Crippen molar-refractivity contribution in [1.82, 2.24) is 9.97 Å². The Balaban J connectivity index is 1.52. The summed E-state index contributed by atoms with van der Waals surface area (Å²) in [6.07, 6.45) is 3.13. The number of nitrogens with one attached hydrogen (secondary N) is 2. The van der Waals surface area contributed by atoms with Gasteiger partial charge in [-0.25, -0.2) is 4.98 Å². The van der Waals surface area contributed by atoms with Crippen molar-refractivity contribution in [2.75, 3.05) is 5.32 Å². The smallest absolute Gasteiger partial charge is 0.146 e. The molecular weight excluding hydrogens is 376 g/mol. The van der Waals surface area contributed by atoms with Crippen LogP contribution in [0.1, 0.15) is 24.6 Å². The summed E-state index contributed by atoms with van der Waals surface area (Å²) in [6.45, 7) is 1.59. The van der Waals surface area contributed by atoms with Crippen LogP contribution in [0.4, 0.5) is 11.5 Å². The number of ether oxygens (including phenoxy) is 1. The number of fused-ring (bicyclic) bond motifs is 1. The summed E-state index contributed by atoms with van der Waals surface area (Å²) in [6, 6.07) is 21.0. The molecule has 0 fully saturated rings. The molecular formula is C24H20N4O2. The molecule has 0 amide bonds. The van der Waals surface area contributed by atoms with Crippen LogP contribution in [0.2, 0.25) is 0 Å². The largest absolute Gasteiger partial charge is 0.457 e. The van der Waals surface area contributed by atoms with Gasteiger partial charge in [-0.2, -0.15) is 5.26 Å². The number of carbonyl (C=O) groups is 1. The van der Waals surface area contributed by atoms with Gasteiger partial charge < -0.3 is 19.8 Å². The number of Topliss-reactive ketones (excluding diaryl/α,β-unsaturated/α-hetero) is 1. The maximum atomic E-state index is 11.1. The third-order valence-corrected chi connectivity index (χ3v) is 4.67. The van der Waals surface area contributed by atoms with Gasteiger partial charge in [0, 0.05) is 36.0 Å². The summed E-state index contributed by atoms with van der Waals surface area (Å²) in [7, 11) is 0. The number of carbonyl (C=O) groups excluding carboxylic acids is 1.